The van der Waals surface area contributed by atoms with Gasteiger partial charge in [-0.25, -0.2) is 0 Å². The van der Waals surface area contributed by atoms with Crippen molar-refractivity contribution in [2.45, 2.75) is 110 Å². The smallest absolute Gasteiger partial charge is 0.261 e. The molecular weight excluding hydrogens is 549 g/mol. The first kappa shape index (κ1) is 33.8. The molecule has 1 saturated heterocycles. The standard InChI is InChI=1S/C33H52O6Si2/c1-24(22-37-41(32(5,6)7,25-18-14-12-15-19-25)26-20-16-13-17-21-26)28(34)30(39-40(10,11)31(2,3)4)29(35)27-23-36-33(8,9)38-27/h12-21,24,27-28,30,34H,22-23H2,1-11H3. The van der Waals surface area contributed by atoms with Crippen molar-refractivity contribution in [2.75, 3.05) is 13.2 Å². The van der Waals surface area contributed by atoms with Gasteiger partial charge < -0.3 is 23.4 Å². The number of aliphatic hydroxyl groups excluding tert-OH is 1. The maximum atomic E-state index is 13.9. The summed E-state index contributed by atoms with van der Waals surface area (Å²) in [5.74, 6) is -1.51. The van der Waals surface area contributed by atoms with Gasteiger partial charge in [0.1, 0.15) is 12.2 Å². The average molecular weight is 601 g/mol. The van der Waals surface area contributed by atoms with E-state index in [1.54, 1.807) is 13.8 Å². The fraction of sp³-hybridized carbons (Fsp3) is 0.606. The summed E-state index contributed by atoms with van der Waals surface area (Å²) in [6.45, 7) is 23.2. The van der Waals surface area contributed by atoms with Gasteiger partial charge in [0.15, 0.2) is 19.9 Å². The maximum Gasteiger partial charge on any atom is 0.261 e. The fourth-order valence-electron chi connectivity index (χ4n) is 5.22. The highest BCUT2D eigenvalue weighted by Gasteiger charge is 2.52. The molecule has 0 radical (unpaired) electrons. The summed E-state index contributed by atoms with van der Waals surface area (Å²) >= 11 is 0. The number of hydrogen-bond donors (Lipinski definition) is 1. The number of carbonyl (C=O) groups excluding carboxylic acids is 1. The van der Waals surface area contributed by atoms with Gasteiger partial charge in [0.05, 0.1) is 12.7 Å². The van der Waals surface area contributed by atoms with E-state index in [4.69, 9.17) is 18.3 Å². The SMILES string of the molecule is CC(CO[Si](c1ccccc1)(c1ccccc1)C(C)(C)C)C(O)C(O[Si](C)(C)C(C)(C)C)C(=O)C1COC(C)(C)O1. The molecule has 2 aromatic rings. The molecule has 2 aromatic carbocycles. The van der Waals surface area contributed by atoms with Crippen molar-refractivity contribution in [2.24, 2.45) is 5.92 Å². The minimum absolute atomic E-state index is 0.142. The number of ether oxygens (including phenoxy) is 2. The van der Waals surface area contributed by atoms with Gasteiger partial charge in [0.2, 0.25) is 0 Å². The molecule has 228 valence electrons. The monoisotopic (exact) mass is 600 g/mol. The normalized spacial score (nSPS) is 20.4. The largest absolute Gasteiger partial charge is 0.407 e. The molecule has 0 spiro atoms. The average Bonchev–Trinajstić information content (AvgIpc) is 3.26. The number of hydrogen-bond acceptors (Lipinski definition) is 6. The fourth-order valence-corrected chi connectivity index (χ4v) is 11.1. The molecule has 4 unspecified atom stereocenters. The van der Waals surface area contributed by atoms with Crippen molar-refractivity contribution < 1.29 is 28.2 Å². The van der Waals surface area contributed by atoms with Gasteiger partial charge in [0.25, 0.3) is 8.32 Å². The van der Waals surface area contributed by atoms with E-state index >= 15 is 0 Å². The minimum Gasteiger partial charge on any atom is -0.407 e. The Bertz CT molecular complexity index is 1100. The molecule has 1 fully saturated rings. The molecule has 6 nitrogen and oxygen atoms in total. The Hall–Kier alpha value is -1.66. The van der Waals surface area contributed by atoms with Crippen LogP contribution in [0, 0.1) is 5.92 Å². The topological polar surface area (TPSA) is 74.2 Å². The van der Waals surface area contributed by atoms with Crippen molar-refractivity contribution in [3.63, 3.8) is 0 Å². The molecule has 1 N–H and O–H groups in total. The second-order valence-corrected chi connectivity index (χ2v) is 23.5. The van der Waals surface area contributed by atoms with Gasteiger partial charge in [-0.15, -0.1) is 0 Å². The van der Waals surface area contributed by atoms with Crippen LogP contribution in [0.25, 0.3) is 0 Å². The van der Waals surface area contributed by atoms with Gasteiger partial charge in [-0.3, -0.25) is 4.79 Å². The Kier molecular flexibility index (Phi) is 10.3. The van der Waals surface area contributed by atoms with Crippen LogP contribution in [0.1, 0.15) is 62.3 Å². The zero-order chi connectivity index (χ0) is 30.9. The Labute approximate surface area is 250 Å². The molecule has 8 heteroatoms. The maximum absolute atomic E-state index is 13.9. The Morgan fingerprint density at radius 1 is 0.951 bits per heavy atom. The third kappa shape index (κ3) is 7.47. The van der Waals surface area contributed by atoms with Crippen LogP contribution >= 0.6 is 0 Å². The van der Waals surface area contributed by atoms with Crippen LogP contribution in [0.3, 0.4) is 0 Å². The Balaban J connectivity index is 1.96. The molecule has 41 heavy (non-hydrogen) atoms. The zero-order valence-electron chi connectivity index (χ0n) is 27.0. The van der Waals surface area contributed by atoms with Crippen LogP contribution in [0.2, 0.25) is 23.2 Å². The van der Waals surface area contributed by atoms with Crippen LogP contribution in [0.15, 0.2) is 60.7 Å². The summed E-state index contributed by atoms with van der Waals surface area (Å²) in [7, 11) is -5.24. The molecule has 3 rings (SSSR count). The van der Waals surface area contributed by atoms with Crippen molar-refractivity contribution in [1.29, 1.82) is 0 Å². The summed E-state index contributed by atoms with van der Waals surface area (Å²) in [6.07, 6.45) is -2.92. The Morgan fingerprint density at radius 3 is 1.83 bits per heavy atom. The number of Topliss-reactive ketones (excluding diaryl/α,β-unsaturated/α-hetero) is 1. The predicted molar refractivity (Wildman–Crippen MR) is 171 cm³/mol. The van der Waals surface area contributed by atoms with Crippen molar-refractivity contribution in [3.8, 4) is 0 Å². The quantitative estimate of drug-likeness (QED) is 0.335. The molecular formula is C33H52O6Si2. The van der Waals surface area contributed by atoms with Gasteiger partial charge in [-0.1, -0.05) is 109 Å². The predicted octanol–water partition coefficient (Wildman–Crippen LogP) is 5.67. The first-order chi connectivity index (χ1) is 18.8. The molecule has 1 aliphatic rings. The number of benzene rings is 2. The number of carbonyl (C=O) groups is 1. The lowest BCUT2D eigenvalue weighted by atomic mass is 9.96. The number of aliphatic hydroxyl groups is 1. The van der Waals surface area contributed by atoms with Crippen LogP contribution in [-0.2, 0) is 23.1 Å². The lowest BCUT2D eigenvalue weighted by Gasteiger charge is -2.44. The van der Waals surface area contributed by atoms with Crippen molar-refractivity contribution in [3.05, 3.63) is 60.7 Å². The molecule has 1 heterocycles. The lowest BCUT2D eigenvalue weighted by molar-refractivity contribution is -0.161. The van der Waals surface area contributed by atoms with Crippen molar-refractivity contribution >= 4 is 32.8 Å². The molecule has 1 aliphatic heterocycles. The first-order valence-electron chi connectivity index (χ1n) is 14.8. The highest BCUT2D eigenvalue weighted by molar-refractivity contribution is 6.99. The third-order valence-corrected chi connectivity index (χ3v) is 18.2. The highest BCUT2D eigenvalue weighted by Crippen LogP contribution is 2.40. The second-order valence-electron chi connectivity index (χ2n) is 14.5. The second kappa shape index (κ2) is 12.5. The molecule has 0 aromatic heterocycles. The molecule has 4 atom stereocenters. The molecule has 0 amide bonds. The Morgan fingerprint density at radius 2 is 1.44 bits per heavy atom. The van der Waals surface area contributed by atoms with Crippen molar-refractivity contribution in [1.82, 2.24) is 0 Å². The van der Waals surface area contributed by atoms with Crippen LogP contribution in [0.5, 0.6) is 0 Å². The van der Waals surface area contributed by atoms with Gasteiger partial charge in [-0.05, 0) is 47.4 Å². The van der Waals surface area contributed by atoms with Crippen LogP contribution < -0.4 is 10.4 Å². The summed E-state index contributed by atoms with van der Waals surface area (Å²) in [5, 5.41) is 13.8. The van der Waals surface area contributed by atoms with E-state index < -0.39 is 40.7 Å². The molecule has 0 aliphatic carbocycles. The third-order valence-electron chi connectivity index (χ3n) is 8.71. The summed E-state index contributed by atoms with van der Waals surface area (Å²) in [6, 6.07) is 20.9. The minimum atomic E-state index is -2.81. The lowest BCUT2D eigenvalue weighted by Crippen LogP contribution is -2.67. The van der Waals surface area contributed by atoms with Gasteiger partial charge in [-0.2, -0.15) is 0 Å². The van der Waals surface area contributed by atoms with E-state index in [0.717, 1.165) is 0 Å². The van der Waals surface area contributed by atoms with E-state index in [-0.39, 0.29) is 35.0 Å². The summed E-state index contributed by atoms with van der Waals surface area (Å²) < 4.78 is 25.4. The number of ketones is 1. The number of rotatable bonds is 11. The van der Waals surface area contributed by atoms with E-state index in [0.29, 0.717) is 0 Å². The molecule has 0 bridgehead atoms. The van der Waals surface area contributed by atoms with E-state index in [9.17, 15) is 9.90 Å². The molecule has 0 saturated carbocycles. The first-order valence-corrected chi connectivity index (χ1v) is 19.6. The van der Waals surface area contributed by atoms with E-state index in [1.165, 1.54) is 10.4 Å². The van der Waals surface area contributed by atoms with Crippen LogP contribution in [0.4, 0.5) is 0 Å². The summed E-state index contributed by atoms with van der Waals surface area (Å²) in [4.78, 5) is 13.9. The van der Waals surface area contributed by atoms with E-state index in [1.807, 2.05) is 19.1 Å². The van der Waals surface area contributed by atoms with E-state index in [2.05, 4.69) is 103 Å². The van der Waals surface area contributed by atoms with Crippen LogP contribution in [-0.4, -0.2) is 64.8 Å². The highest BCUT2D eigenvalue weighted by atomic mass is 28.4. The van der Waals surface area contributed by atoms with Gasteiger partial charge in [0, 0.05) is 12.5 Å². The zero-order valence-corrected chi connectivity index (χ0v) is 29.0. The summed E-state index contributed by atoms with van der Waals surface area (Å²) in [5.41, 5.74) is 0. The van der Waals surface area contributed by atoms with Gasteiger partial charge >= 0.3 is 0 Å².